The number of rotatable bonds is 6. The molecule has 2 aromatic rings. The Labute approximate surface area is 153 Å². The first-order valence-corrected chi connectivity index (χ1v) is 9.46. The van der Waals surface area contributed by atoms with Crippen LogP contribution in [0.4, 0.5) is 0 Å². The molecular formula is C19H24ClN3O2. The molecule has 2 heterocycles. The van der Waals surface area contributed by atoms with Crippen LogP contribution < -0.4 is 0 Å². The number of aromatic nitrogens is 2. The molecule has 1 aliphatic rings. The van der Waals surface area contributed by atoms with E-state index in [1.54, 1.807) is 0 Å². The number of unbranched alkanes of at least 4 members (excludes halogenated alkanes) is 2. The van der Waals surface area contributed by atoms with Gasteiger partial charge < -0.3 is 9.42 Å². The first-order valence-electron chi connectivity index (χ1n) is 9.08. The predicted molar refractivity (Wildman–Crippen MR) is 97.2 cm³/mol. The van der Waals surface area contributed by atoms with Crippen molar-refractivity contribution in [3.05, 3.63) is 35.2 Å². The van der Waals surface area contributed by atoms with Gasteiger partial charge in [0.1, 0.15) is 6.04 Å². The number of carbonyl (C=O) groups is 1. The molecule has 3 rings (SSSR count). The van der Waals surface area contributed by atoms with Crippen LogP contribution in [0.1, 0.15) is 63.8 Å². The second-order valence-electron chi connectivity index (χ2n) is 6.52. The lowest BCUT2D eigenvalue weighted by Crippen LogP contribution is -2.38. The molecule has 0 bridgehead atoms. The van der Waals surface area contributed by atoms with Crippen molar-refractivity contribution in [2.75, 3.05) is 6.54 Å². The summed E-state index contributed by atoms with van der Waals surface area (Å²) in [6.45, 7) is 2.91. The number of hydrogen-bond donors (Lipinski definition) is 0. The zero-order valence-electron chi connectivity index (χ0n) is 14.6. The third kappa shape index (κ3) is 4.40. The van der Waals surface area contributed by atoms with E-state index in [0.717, 1.165) is 50.6 Å². The van der Waals surface area contributed by atoms with Crippen molar-refractivity contribution >= 4 is 17.5 Å². The fourth-order valence-corrected chi connectivity index (χ4v) is 3.46. The number of benzene rings is 1. The highest BCUT2D eigenvalue weighted by Gasteiger charge is 2.31. The van der Waals surface area contributed by atoms with Crippen molar-refractivity contribution in [3.8, 4) is 11.4 Å². The van der Waals surface area contributed by atoms with Crippen molar-refractivity contribution in [1.29, 1.82) is 0 Å². The lowest BCUT2D eigenvalue weighted by atomic mass is 10.0. The fourth-order valence-electron chi connectivity index (χ4n) is 3.27. The third-order valence-corrected chi connectivity index (χ3v) is 4.86. The summed E-state index contributed by atoms with van der Waals surface area (Å²) in [6, 6.07) is 7.27. The van der Waals surface area contributed by atoms with E-state index < -0.39 is 0 Å². The Balaban J connectivity index is 1.75. The minimum Gasteiger partial charge on any atom is -0.337 e. The number of nitrogens with zero attached hydrogens (tertiary/aromatic N) is 3. The van der Waals surface area contributed by atoms with Crippen LogP contribution >= 0.6 is 11.6 Å². The molecule has 1 atom stereocenters. The topological polar surface area (TPSA) is 59.2 Å². The maximum Gasteiger partial charge on any atom is 0.249 e. The summed E-state index contributed by atoms with van der Waals surface area (Å²) in [6.07, 6.45) is 6.71. The smallest absolute Gasteiger partial charge is 0.249 e. The Bertz CT molecular complexity index is 716. The van der Waals surface area contributed by atoms with E-state index >= 15 is 0 Å². The molecule has 0 N–H and O–H groups in total. The monoisotopic (exact) mass is 361 g/mol. The Morgan fingerprint density at radius 1 is 1.36 bits per heavy atom. The van der Waals surface area contributed by atoms with Crippen molar-refractivity contribution in [3.63, 3.8) is 0 Å². The van der Waals surface area contributed by atoms with Gasteiger partial charge in [-0.2, -0.15) is 4.98 Å². The van der Waals surface area contributed by atoms with Crippen LogP contribution in [0.25, 0.3) is 11.4 Å². The van der Waals surface area contributed by atoms with E-state index in [9.17, 15) is 4.79 Å². The van der Waals surface area contributed by atoms with Crippen molar-refractivity contribution in [2.24, 2.45) is 0 Å². The summed E-state index contributed by atoms with van der Waals surface area (Å²) < 4.78 is 5.51. The lowest BCUT2D eigenvalue weighted by molar-refractivity contribution is -0.135. The molecule has 1 aromatic carbocycles. The zero-order valence-corrected chi connectivity index (χ0v) is 15.3. The summed E-state index contributed by atoms with van der Waals surface area (Å²) >= 11 is 6.04. The van der Waals surface area contributed by atoms with Crippen LogP contribution in [0.15, 0.2) is 28.8 Å². The average Bonchev–Trinajstić information content (AvgIpc) is 3.12. The standard InChI is InChI=1S/C19H24ClN3O2/c1-2-3-4-11-17(24)23-12-6-5-10-16(23)19-21-18(22-25-19)14-8-7-9-15(20)13-14/h7-9,13,16H,2-6,10-12H2,1H3/t16-/m0/s1. The molecule has 5 nitrogen and oxygen atoms in total. The second kappa shape index (κ2) is 8.48. The van der Waals surface area contributed by atoms with E-state index in [2.05, 4.69) is 17.1 Å². The highest BCUT2D eigenvalue weighted by Crippen LogP contribution is 2.32. The summed E-state index contributed by atoms with van der Waals surface area (Å²) in [5, 5.41) is 4.72. The fraction of sp³-hybridized carbons (Fsp3) is 0.526. The SMILES string of the molecule is CCCCCC(=O)N1CCCC[C@H]1c1nc(-c2cccc(Cl)c2)no1. The van der Waals surface area contributed by atoms with Gasteiger partial charge >= 0.3 is 0 Å². The molecule has 0 saturated carbocycles. The Hall–Kier alpha value is -1.88. The van der Waals surface area contributed by atoms with E-state index in [1.165, 1.54) is 0 Å². The molecule has 134 valence electrons. The minimum absolute atomic E-state index is 0.108. The maximum absolute atomic E-state index is 12.6. The molecule has 0 radical (unpaired) electrons. The first kappa shape index (κ1) is 17.9. The summed E-state index contributed by atoms with van der Waals surface area (Å²) in [4.78, 5) is 19.1. The van der Waals surface area contributed by atoms with Crippen molar-refractivity contribution in [1.82, 2.24) is 15.0 Å². The number of hydrogen-bond acceptors (Lipinski definition) is 4. The number of amides is 1. The van der Waals surface area contributed by atoms with Gasteiger partial charge in [-0.3, -0.25) is 4.79 Å². The summed E-state index contributed by atoms with van der Waals surface area (Å²) in [5.74, 6) is 1.24. The van der Waals surface area contributed by atoms with Gasteiger partial charge in [0.15, 0.2) is 0 Å². The average molecular weight is 362 g/mol. The summed E-state index contributed by atoms with van der Waals surface area (Å²) in [7, 11) is 0. The first-order chi connectivity index (χ1) is 12.2. The molecule has 0 aliphatic carbocycles. The quantitative estimate of drug-likeness (QED) is 0.677. The van der Waals surface area contributed by atoms with Crippen molar-refractivity contribution in [2.45, 2.75) is 57.9 Å². The van der Waals surface area contributed by atoms with E-state index in [0.29, 0.717) is 23.2 Å². The highest BCUT2D eigenvalue weighted by atomic mass is 35.5. The third-order valence-electron chi connectivity index (χ3n) is 4.63. The Morgan fingerprint density at radius 2 is 2.24 bits per heavy atom. The van der Waals surface area contributed by atoms with E-state index in [1.807, 2.05) is 29.2 Å². The second-order valence-corrected chi connectivity index (χ2v) is 6.96. The molecule has 1 saturated heterocycles. The molecule has 25 heavy (non-hydrogen) atoms. The number of carbonyl (C=O) groups excluding carboxylic acids is 1. The number of piperidine rings is 1. The largest absolute Gasteiger partial charge is 0.337 e. The van der Waals surface area contributed by atoms with E-state index in [4.69, 9.17) is 16.1 Å². The Morgan fingerprint density at radius 3 is 3.04 bits per heavy atom. The molecular weight excluding hydrogens is 338 g/mol. The molecule has 1 aliphatic heterocycles. The molecule has 1 aromatic heterocycles. The molecule has 0 spiro atoms. The zero-order chi connectivity index (χ0) is 17.6. The van der Waals surface area contributed by atoms with Crippen LogP contribution in [0.3, 0.4) is 0 Å². The molecule has 0 unspecified atom stereocenters. The number of halogens is 1. The molecule has 1 fully saturated rings. The summed E-state index contributed by atoms with van der Waals surface area (Å²) in [5.41, 5.74) is 0.819. The number of likely N-dealkylation sites (tertiary alicyclic amines) is 1. The van der Waals surface area contributed by atoms with E-state index in [-0.39, 0.29) is 11.9 Å². The van der Waals surface area contributed by atoms with Crippen LogP contribution in [0, 0.1) is 0 Å². The van der Waals surface area contributed by atoms with Gasteiger partial charge in [-0.05, 0) is 37.8 Å². The lowest BCUT2D eigenvalue weighted by Gasteiger charge is -2.33. The van der Waals surface area contributed by atoms with Crippen LogP contribution in [0.5, 0.6) is 0 Å². The van der Waals surface area contributed by atoms with Crippen LogP contribution in [-0.4, -0.2) is 27.5 Å². The Kier molecular flexibility index (Phi) is 6.08. The molecule has 1 amide bonds. The van der Waals surface area contributed by atoms with Crippen LogP contribution in [-0.2, 0) is 4.79 Å². The van der Waals surface area contributed by atoms with Crippen LogP contribution in [0.2, 0.25) is 5.02 Å². The van der Waals surface area contributed by atoms with Gasteiger partial charge in [0.05, 0.1) is 0 Å². The predicted octanol–water partition coefficient (Wildman–Crippen LogP) is 5.02. The molecule has 6 heteroatoms. The highest BCUT2D eigenvalue weighted by molar-refractivity contribution is 6.30. The van der Waals surface area contributed by atoms with Crippen molar-refractivity contribution < 1.29 is 9.32 Å². The van der Waals surface area contributed by atoms with Gasteiger partial charge in [0, 0.05) is 23.6 Å². The minimum atomic E-state index is -0.108. The van der Waals surface area contributed by atoms with Gasteiger partial charge in [0.25, 0.3) is 0 Å². The normalized spacial score (nSPS) is 17.7. The van der Waals surface area contributed by atoms with Gasteiger partial charge in [-0.25, -0.2) is 0 Å². The van der Waals surface area contributed by atoms with Gasteiger partial charge in [-0.15, -0.1) is 0 Å². The van der Waals surface area contributed by atoms with Gasteiger partial charge in [-0.1, -0.05) is 48.7 Å². The van der Waals surface area contributed by atoms with Gasteiger partial charge in [0.2, 0.25) is 17.6 Å². The maximum atomic E-state index is 12.6.